The Balaban J connectivity index is 1.23. The number of likely N-dealkylation sites (tertiary alicyclic amines) is 1. The van der Waals surface area contributed by atoms with E-state index in [1.165, 1.54) is 12.8 Å². The summed E-state index contributed by atoms with van der Waals surface area (Å²) in [4.78, 5) is 34.7. The number of alkyl halides is 3. The van der Waals surface area contributed by atoms with Gasteiger partial charge in [0.25, 0.3) is 5.56 Å². The fourth-order valence-electron chi connectivity index (χ4n) is 4.78. The number of carbonyl (C=O) groups is 1. The van der Waals surface area contributed by atoms with Crippen LogP contribution in [0.4, 0.5) is 18.9 Å². The predicted octanol–water partition coefficient (Wildman–Crippen LogP) is 2.09. The molecule has 1 aromatic carbocycles. The third-order valence-electron chi connectivity index (χ3n) is 6.72. The van der Waals surface area contributed by atoms with Crippen molar-refractivity contribution in [1.82, 2.24) is 19.4 Å². The van der Waals surface area contributed by atoms with Crippen LogP contribution in [0.15, 0.2) is 29.3 Å². The molecule has 0 N–H and O–H groups in total. The molecule has 3 aliphatic rings. The van der Waals surface area contributed by atoms with Crippen LogP contribution < -0.4 is 10.5 Å². The van der Waals surface area contributed by atoms with Gasteiger partial charge in [0.15, 0.2) is 0 Å². The van der Waals surface area contributed by atoms with Gasteiger partial charge in [-0.3, -0.25) is 19.1 Å². The summed E-state index contributed by atoms with van der Waals surface area (Å²) in [6.45, 7) is 2.23. The van der Waals surface area contributed by atoms with E-state index in [2.05, 4.69) is 9.88 Å². The zero-order valence-corrected chi connectivity index (χ0v) is 17.7. The van der Waals surface area contributed by atoms with Gasteiger partial charge < -0.3 is 9.80 Å². The molecule has 32 heavy (non-hydrogen) atoms. The summed E-state index contributed by atoms with van der Waals surface area (Å²) < 4.78 is 39.7. The van der Waals surface area contributed by atoms with Crippen LogP contribution in [0.25, 0.3) is 10.9 Å². The standard InChI is InChI=1S/C22H26F3N5O2/c23-22(24,25)13-29-6-5-19(21(29)32)28-9-7-27(8-10-28)16-3-4-17-18(11-16)26-14-30(20(17)31)12-15-1-2-15/h3-4,11,14-15,19H,1-2,5-10,12-13H2. The van der Waals surface area contributed by atoms with Gasteiger partial charge in [-0.25, -0.2) is 4.98 Å². The highest BCUT2D eigenvalue weighted by atomic mass is 19.4. The minimum Gasteiger partial charge on any atom is -0.369 e. The van der Waals surface area contributed by atoms with E-state index in [0.717, 1.165) is 17.1 Å². The molecule has 5 rings (SSSR count). The van der Waals surface area contributed by atoms with Crippen molar-refractivity contribution in [3.8, 4) is 0 Å². The van der Waals surface area contributed by atoms with Gasteiger partial charge in [0, 0.05) is 45.0 Å². The molecule has 0 bridgehead atoms. The van der Waals surface area contributed by atoms with Crippen molar-refractivity contribution in [1.29, 1.82) is 0 Å². The summed E-state index contributed by atoms with van der Waals surface area (Å²) in [6.07, 6.45) is 0.0317. The number of nitrogens with zero attached hydrogens (tertiary/aromatic N) is 5. The zero-order valence-electron chi connectivity index (χ0n) is 17.7. The van der Waals surface area contributed by atoms with E-state index >= 15 is 0 Å². The molecule has 1 unspecified atom stereocenters. The molecule has 172 valence electrons. The van der Waals surface area contributed by atoms with Crippen LogP contribution in [0.5, 0.6) is 0 Å². The number of anilines is 1. The molecule has 0 spiro atoms. The number of hydrogen-bond acceptors (Lipinski definition) is 5. The largest absolute Gasteiger partial charge is 0.406 e. The van der Waals surface area contributed by atoms with E-state index < -0.39 is 24.7 Å². The van der Waals surface area contributed by atoms with Gasteiger partial charge in [-0.1, -0.05) is 0 Å². The van der Waals surface area contributed by atoms with E-state index in [9.17, 15) is 22.8 Å². The number of benzene rings is 1. The Hall–Kier alpha value is -2.62. The van der Waals surface area contributed by atoms with Crippen LogP contribution in [0.1, 0.15) is 19.3 Å². The average molecular weight is 449 g/mol. The highest BCUT2D eigenvalue weighted by Gasteiger charge is 2.42. The lowest BCUT2D eigenvalue weighted by Gasteiger charge is -2.38. The van der Waals surface area contributed by atoms with Crippen molar-refractivity contribution < 1.29 is 18.0 Å². The number of halogens is 3. The Morgan fingerprint density at radius 1 is 1.00 bits per heavy atom. The minimum absolute atomic E-state index is 0.0126. The average Bonchev–Trinajstić information content (AvgIpc) is 3.52. The monoisotopic (exact) mass is 449 g/mol. The van der Waals surface area contributed by atoms with Crippen molar-refractivity contribution in [2.75, 3.05) is 44.2 Å². The highest BCUT2D eigenvalue weighted by molar-refractivity contribution is 5.84. The second-order valence-corrected chi connectivity index (χ2v) is 9.05. The summed E-state index contributed by atoms with van der Waals surface area (Å²) in [5.74, 6) is 0.169. The van der Waals surface area contributed by atoms with E-state index in [1.807, 2.05) is 23.1 Å². The Morgan fingerprint density at radius 3 is 2.44 bits per heavy atom. The van der Waals surface area contributed by atoms with E-state index in [4.69, 9.17) is 0 Å². The van der Waals surface area contributed by atoms with Crippen LogP contribution in [-0.2, 0) is 11.3 Å². The lowest BCUT2D eigenvalue weighted by molar-refractivity contribution is -0.159. The van der Waals surface area contributed by atoms with Crippen LogP contribution in [0.3, 0.4) is 0 Å². The number of hydrogen-bond donors (Lipinski definition) is 0. The lowest BCUT2D eigenvalue weighted by atomic mass is 10.1. The molecular formula is C22H26F3N5O2. The van der Waals surface area contributed by atoms with Gasteiger partial charge >= 0.3 is 6.18 Å². The van der Waals surface area contributed by atoms with E-state index in [-0.39, 0.29) is 12.1 Å². The molecule has 3 fully saturated rings. The number of amides is 1. The number of piperazine rings is 1. The number of rotatable bonds is 5. The van der Waals surface area contributed by atoms with Crippen molar-refractivity contribution in [3.63, 3.8) is 0 Å². The molecule has 3 heterocycles. The van der Waals surface area contributed by atoms with Gasteiger partial charge in [0.05, 0.1) is 23.3 Å². The quantitative estimate of drug-likeness (QED) is 0.700. The summed E-state index contributed by atoms with van der Waals surface area (Å²) in [7, 11) is 0. The zero-order chi connectivity index (χ0) is 22.5. The first-order valence-corrected chi connectivity index (χ1v) is 11.1. The fourth-order valence-corrected chi connectivity index (χ4v) is 4.78. The lowest BCUT2D eigenvalue weighted by Crippen LogP contribution is -2.53. The van der Waals surface area contributed by atoms with Gasteiger partial charge in [0.2, 0.25) is 5.91 Å². The minimum atomic E-state index is -4.37. The molecule has 7 nitrogen and oxygen atoms in total. The molecule has 1 saturated carbocycles. The van der Waals surface area contributed by atoms with Crippen molar-refractivity contribution >= 4 is 22.5 Å². The maximum absolute atomic E-state index is 12.7. The van der Waals surface area contributed by atoms with Gasteiger partial charge in [-0.15, -0.1) is 0 Å². The Bertz CT molecular complexity index is 1070. The Labute approximate surface area is 183 Å². The topological polar surface area (TPSA) is 61.7 Å². The Kier molecular flexibility index (Phi) is 5.35. The fraction of sp³-hybridized carbons (Fsp3) is 0.591. The van der Waals surface area contributed by atoms with Gasteiger partial charge in [-0.2, -0.15) is 13.2 Å². The van der Waals surface area contributed by atoms with Crippen LogP contribution in [-0.4, -0.2) is 76.7 Å². The molecule has 1 aromatic heterocycles. The third-order valence-corrected chi connectivity index (χ3v) is 6.72. The van der Waals surface area contributed by atoms with Gasteiger partial charge in [0.1, 0.15) is 6.54 Å². The number of carbonyl (C=O) groups excluding carboxylic acids is 1. The first-order chi connectivity index (χ1) is 15.3. The van der Waals surface area contributed by atoms with Crippen molar-refractivity contribution in [3.05, 3.63) is 34.9 Å². The Morgan fingerprint density at radius 2 is 1.75 bits per heavy atom. The van der Waals surface area contributed by atoms with Crippen molar-refractivity contribution in [2.45, 2.75) is 38.0 Å². The van der Waals surface area contributed by atoms with Crippen molar-refractivity contribution in [2.24, 2.45) is 5.92 Å². The smallest absolute Gasteiger partial charge is 0.369 e. The SMILES string of the molecule is O=C1C(N2CCN(c3ccc4c(=O)n(CC5CC5)cnc4c3)CC2)CCN1CC(F)(F)F. The summed E-state index contributed by atoms with van der Waals surface area (Å²) in [6, 6.07) is 5.20. The summed E-state index contributed by atoms with van der Waals surface area (Å²) in [5, 5.41) is 0.608. The molecule has 2 saturated heterocycles. The second kappa shape index (κ2) is 8.06. The maximum atomic E-state index is 12.7. The molecule has 1 atom stereocenters. The first-order valence-electron chi connectivity index (χ1n) is 11.1. The predicted molar refractivity (Wildman–Crippen MR) is 114 cm³/mol. The number of fused-ring (bicyclic) bond motifs is 1. The highest BCUT2D eigenvalue weighted by Crippen LogP contribution is 2.30. The normalized spacial score (nSPS) is 22.8. The first kappa shape index (κ1) is 21.2. The molecule has 1 aliphatic carbocycles. The summed E-state index contributed by atoms with van der Waals surface area (Å²) >= 11 is 0. The van der Waals surface area contributed by atoms with Crippen LogP contribution in [0, 0.1) is 5.92 Å². The van der Waals surface area contributed by atoms with Crippen LogP contribution in [0.2, 0.25) is 0 Å². The second-order valence-electron chi connectivity index (χ2n) is 9.05. The third kappa shape index (κ3) is 4.32. The van der Waals surface area contributed by atoms with E-state index in [0.29, 0.717) is 49.4 Å². The molecule has 0 radical (unpaired) electrons. The molecule has 2 aliphatic heterocycles. The number of aromatic nitrogens is 2. The maximum Gasteiger partial charge on any atom is 0.406 e. The molecule has 10 heteroatoms. The summed E-state index contributed by atoms with van der Waals surface area (Å²) in [5.41, 5.74) is 1.61. The van der Waals surface area contributed by atoms with Gasteiger partial charge in [-0.05, 0) is 43.4 Å². The molecular weight excluding hydrogens is 423 g/mol. The molecule has 2 aromatic rings. The van der Waals surface area contributed by atoms with E-state index in [1.54, 1.807) is 10.9 Å². The van der Waals surface area contributed by atoms with Crippen LogP contribution >= 0.6 is 0 Å². The molecule has 1 amide bonds.